The fourth-order valence-corrected chi connectivity index (χ4v) is 3.14. The molecule has 0 spiro atoms. The molecule has 2 aromatic carbocycles. The maximum atomic E-state index is 12.3. The van der Waals surface area contributed by atoms with Crippen molar-refractivity contribution >= 4 is 41.5 Å². The van der Waals surface area contributed by atoms with Gasteiger partial charge in [0.15, 0.2) is 5.96 Å². The smallest absolute Gasteiger partial charge is 0.387 e. The number of benzene rings is 2. The Balaban J connectivity index is 0.00000300. The Morgan fingerprint density at radius 2 is 2.03 bits per heavy atom. The van der Waals surface area contributed by atoms with E-state index in [1.165, 1.54) is 6.07 Å². The van der Waals surface area contributed by atoms with Crippen LogP contribution in [0.15, 0.2) is 53.5 Å². The fourth-order valence-electron chi connectivity index (χ4n) is 3.14. The van der Waals surface area contributed by atoms with Crippen LogP contribution in [-0.2, 0) is 11.3 Å². The second-order valence-electron chi connectivity index (χ2n) is 6.37. The van der Waals surface area contributed by atoms with Gasteiger partial charge in [0.1, 0.15) is 5.75 Å². The summed E-state index contributed by atoms with van der Waals surface area (Å²) in [4.78, 5) is 16.1. The molecular weight excluding hydrogens is 493 g/mol. The lowest BCUT2D eigenvalue weighted by Gasteiger charge is -2.26. The van der Waals surface area contributed by atoms with Crippen LogP contribution in [0.3, 0.4) is 0 Å². The summed E-state index contributed by atoms with van der Waals surface area (Å²) in [5, 5.41) is 9.24. The highest BCUT2D eigenvalue weighted by atomic mass is 127. The highest BCUT2D eigenvalue weighted by molar-refractivity contribution is 14.0. The van der Waals surface area contributed by atoms with Crippen molar-refractivity contribution in [3.8, 4) is 5.75 Å². The van der Waals surface area contributed by atoms with Crippen LogP contribution >= 0.6 is 24.0 Å². The number of carbonyl (C=O) groups excluding carboxylic acids is 1. The molecule has 0 saturated carbocycles. The Kier molecular flexibility index (Phi) is 8.62. The van der Waals surface area contributed by atoms with Crippen LogP contribution in [0, 0.1) is 0 Å². The van der Waals surface area contributed by atoms with Crippen molar-refractivity contribution < 1.29 is 18.3 Å². The number of guanidine groups is 1. The van der Waals surface area contributed by atoms with E-state index in [0.717, 1.165) is 16.8 Å². The van der Waals surface area contributed by atoms with Crippen molar-refractivity contribution in [1.29, 1.82) is 0 Å². The number of aliphatic imine (C=N–C) groups is 1. The molecule has 0 radical (unpaired) electrons. The molecule has 1 heterocycles. The van der Waals surface area contributed by atoms with Gasteiger partial charge in [-0.05, 0) is 29.3 Å². The number of alkyl halides is 2. The number of hydrogen-bond acceptors (Lipinski definition) is 3. The molecule has 9 heteroatoms. The average Bonchev–Trinajstić information content (AvgIpc) is 2.67. The van der Waals surface area contributed by atoms with Crippen molar-refractivity contribution in [2.45, 2.75) is 25.5 Å². The van der Waals surface area contributed by atoms with Gasteiger partial charge in [-0.2, -0.15) is 8.78 Å². The van der Waals surface area contributed by atoms with Gasteiger partial charge in [0.05, 0.1) is 0 Å². The SMILES string of the molecule is CN=C(NCc1cccc(OC(F)F)c1)NCC1CC(=O)Nc2ccccc21.I. The molecule has 0 fully saturated rings. The minimum Gasteiger partial charge on any atom is -0.435 e. The van der Waals surface area contributed by atoms with E-state index in [-0.39, 0.29) is 41.6 Å². The molecule has 1 unspecified atom stereocenters. The molecule has 1 amide bonds. The maximum absolute atomic E-state index is 12.3. The lowest BCUT2D eigenvalue weighted by Crippen LogP contribution is -2.40. The predicted molar refractivity (Wildman–Crippen MR) is 119 cm³/mol. The molecule has 0 saturated heterocycles. The summed E-state index contributed by atoms with van der Waals surface area (Å²) in [5.74, 6) is 0.696. The molecule has 156 valence electrons. The number of fused-ring (bicyclic) bond motifs is 1. The van der Waals surface area contributed by atoms with Crippen molar-refractivity contribution in [3.63, 3.8) is 0 Å². The van der Waals surface area contributed by atoms with Crippen molar-refractivity contribution in [3.05, 3.63) is 59.7 Å². The quantitative estimate of drug-likeness (QED) is 0.311. The summed E-state index contributed by atoms with van der Waals surface area (Å²) in [5.41, 5.74) is 2.70. The van der Waals surface area contributed by atoms with Gasteiger partial charge in [0.2, 0.25) is 5.91 Å². The van der Waals surface area contributed by atoms with Gasteiger partial charge in [-0.15, -0.1) is 24.0 Å². The van der Waals surface area contributed by atoms with Crippen molar-refractivity contribution in [1.82, 2.24) is 10.6 Å². The van der Waals surface area contributed by atoms with Gasteiger partial charge < -0.3 is 20.7 Å². The van der Waals surface area contributed by atoms with E-state index in [2.05, 4.69) is 25.7 Å². The lowest BCUT2D eigenvalue weighted by atomic mass is 9.90. The molecule has 6 nitrogen and oxygen atoms in total. The third kappa shape index (κ3) is 6.55. The zero-order valence-corrected chi connectivity index (χ0v) is 18.2. The highest BCUT2D eigenvalue weighted by Crippen LogP contribution is 2.31. The largest absolute Gasteiger partial charge is 0.435 e. The minimum absolute atomic E-state index is 0. The number of amides is 1. The zero-order valence-electron chi connectivity index (χ0n) is 15.8. The first-order valence-electron chi connectivity index (χ1n) is 8.92. The average molecular weight is 516 g/mol. The Hall–Kier alpha value is -2.43. The number of hydrogen-bond donors (Lipinski definition) is 3. The van der Waals surface area contributed by atoms with E-state index in [1.54, 1.807) is 25.2 Å². The predicted octanol–water partition coefficient (Wildman–Crippen LogP) is 3.70. The Morgan fingerprint density at radius 3 is 2.79 bits per heavy atom. The zero-order chi connectivity index (χ0) is 19.9. The van der Waals surface area contributed by atoms with Crippen molar-refractivity contribution in [2.75, 3.05) is 18.9 Å². The minimum atomic E-state index is -2.85. The highest BCUT2D eigenvalue weighted by Gasteiger charge is 2.24. The summed E-state index contributed by atoms with van der Waals surface area (Å²) in [6.45, 7) is -1.92. The normalized spacial score (nSPS) is 15.8. The van der Waals surface area contributed by atoms with Crippen LogP contribution in [-0.4, -0.2) is 32.1 Å². The topological polar surface area (TPSA) is 74.8 Å². The summed E-state index contributed by atoms with van der Waals surface area (Å²) >= 11 is 0. The summed E-state index contributed by atoms with van der Waals surface area (Å²) in [7, 11) is 1.65. The molecule has 2 aromatic rings. The monoisotopic (exact) mass is 516 g/mol. The van der Waals surface area contributed by atoms with E-state index < -0.39 is 6.61 Å². The number of ether oxygens (including phenoxy) is 1. The third-order valence-electron chi connectivity index (χ3n) is 4.43. The molecule has 1 atom stereocenters. The van der Waals surface area contributed by atoms with Gasteiger partial charge in [-0.3, -0.25) is 9.79 Å². The number of rotatable bonds is 6. The van der Waals surface area contributed by atoms with E-state index in [0.29, 0.717) is 25.5 Å². The molecule has 3 rings (SSSR count). The first-order chi connectivity index (χ1) is 13.5. The van der Waals surface area contributed by atoms with Gasteiger partial charge in [0, 0.05) is 38.2 Å². The van der Waals surface area contributed by atoms with Crippen LogP contribution in [0.25, 0.3) is 0 Å². The standard InChI is InChI=1S/C20H22F2N4O2.HI/c1-23-20(24-11-13-5-4-6-15(9-13)28-19(21)22)25-12-14-10-18(27)26-17-8-3-2-7-16(14)17;/h2-9,14,19H,10-12H2,1H3,(H,26,27)(H2,23,24,25);1H. The Morgan fingerprint density at radius 1 is 1.24 bits per heavy atom. The second-order valence-corrected chi connectivity index (χ2v) is 6.37. The molecule has 3 N–H and O–H groups in total. The van der Waals surface area contributed by atoms with Crippen LogP contribution in [0.1, 0.15) is 23.5 Å². The van der Waals surface area contributed by atoms with Gasteiger partial charge in [-0.25, -0.2) is 0 Å². The van der Waals surface area contributed by atoms with Crippen LogP contribution in [0.2, 0.25) is 0 Å². The summed E-state index contributed by atoms with van der Waals surface area (Å²) in [6, 6.07) is 14.2. The van der Waals surface area contributed by atoms with Crippen LogP contribution in [0.4, 0.5) is 14.5 Å². The number of nitrogens with one attached hydrogen (secondary N) is 3. The summed E-state index contributed by atoms with van der Waals surface area (Å²) < 4.78 is 29.1. The molecule has 1 aliphatic heterocycles. The first kappa shape index (κ1) is 22.9. The van der Waals surface area contributed by atoms with Crippen molar-refractivity contribution in [2.24, 2.45) is 4.99 Å². The molecule has 0 aliphatic carbocycles. The van der Waals surface area contributed by atoms with Gasteiger partial charge in [0.25, 0.3) is 0 Å². The molecular formula is C20H23F2IN4O2. The molecule has 0 bridgehead atoms. The Bertz CT molecular complexity index is 864. The number of nitrogens with zero attached hydrogens (tertiary/aromatic N) is 1. The second kappa shape index (κ2) is 10.9. The lowest BCUT2D eigenvalue weighted by molar-refractivity contribution is -0.116. The molecule has 0 aromatic heterocycles. The number of carbonyl (C=O) groups is 1. The number of para-hydroxylation sites is 1. The van der Waals surface area contributed by atoms with E-state index in [1.807, 2.05) is 24.3 Å². The van der Waals surface area contributed by atoms with E-state index in [9.17, 15) is 13.6 Å². The summed E-state index contributed by atoms with van der Waals surface area (Å²) in [6.07, 6.45) is 0.397. The van der Waals surface area contributed by atoms with E-state index >= 15 is 0 Å². The number of anilines is 1. The molecule has 29 heavy (non-hydrogen) atoms. The van der Waals surface area contributed by atoms with E-state index in [4.69, 9.17) is 0 Å². The third-order valence-corrected chi connectivity index (χ3v) is 4.43. The first-order valence-corrected chi connectivity index (χ1v) is 8.92. The maximum Gasteiger partial charge on any atom is 0.387 e. The van der Waals surface area contributed by atoms with Crippen LogP contribution < -0.4 is 20.7 Å². The molecule has 1 aliphatic rings. The van der Waals surface area contributed by atoms with Gasteiger partial charge in [-0.1, -0.05) is 30.3 Å². The van der Waals surface area contributed by atoms with Gasteiger partial charge >= 0.3 is 6.61 Å². The number of halogens is 3. The fraction of sp³-hybridized carbons (Fsp3) is 0.300. The van der Waals surface area contributed by atoms with Crippen LogP contribution in [0.5, 0.6) is 5.75 Å². The Labute approximate surface area is 185 Å².